The van der Waals surface area contributed by atoms with Crippen LogP contribution in [-0.2, 0) is 12.8 Å². The van der Waals surface area contributed by atoms with Gasteiger partial charge in [-0.25, -0.2) is 4.98 Å². The third-order valence-electron chi connectivity index (χ3n) is 7.32. The van der Waals surface area contributed by atoms with E-state index < -0.39 is 0 Å². The van der Waals surface area contributed by atoms with Gasteiger partial charge in [0.2, 0.25) is 0 Å². The molecular weight excluding hydrogens is 368 g/mol. The summed E-state index contributed by atoms with van der Waals surface area (Å²) in [5, 5.41) is 9.33. The maximum atomic E-state index is 9.33. The number of aryl methyl sites for hydroxylation is 1. The highest BCUT2D eigenvalue weighted by Crippen LogP contribution is 2.39. The number of nitriles is 1. The quantitative estimate of drug-likeness (QED) is 0.572. The van der Waals surface area contributed by atoms with E-state index in [2.05, 4.69) is 72.0 Å². The van der Waals surface area contributed by atoms with Crippen LogP contribution in [0.1, 0.15) is 62.0 Å². The maximum absolute atomic E-state index is 9.33. The molecule has 0 spiro atoms. The molecule has 0 radical (unpaired) electrons. The second-order valence-electron chi connectivity index (χ2n) is 9.12. The molecule has 2 aromatic carbocycles. The van der Waals surface area contributed by atoms with Gasteiger partial charge in [0.05, 0.1) is 17.1 Å². The molecule has 1 unspecified atom stereocenters. The molecule has 1 aromatic heterocycles. The molecule has 4 heteroatoms. The average molecular weight is 399 g/mol. The molecule has 0 bridgehead atoms. The van der Waals surface area contributed by atoms with Crippen molar-refractivity contribution in [2.45, 2.75) is 64.0 Å². The van der Waals surface area contributed by atoms with Crippen LogP contribution in [0.2, 0.25) is 0 Å². The highest BCUT2D eigenvalue weighted by molar-refractivity contribution is 5.86. The number of rotatable bonds is 3. The number of aromatic nitrogens is 2. The predicted molar refractivity (Wildman–Crippen MR) is 122 cm³/mol. The molecule has 1 aliphatic carbocycles. The molecule has 0 N–H and O–H groups in total. The standard InChI is InChI=1S/C26H30N4/c1-18-8-13-22-23(29(18)2)14-15-24-26(22)28-25(16-19-6-4-3-5-7-19)30(24)21-11-9-20(17-27)10-12-21/h3-7,14-15,18,20-21H,8-13,16H2,1-2H3. The molecule has 4 nitrogen and oxygen atoms in total. The lowest BCUT2D eigenvalue weighted by molar-refractivity contribution is 0.313. The van der Waals surface area contributed by atoms with Crippen LogP contribution in [0.15, 0.2) is 42.5 Å². The maximum Gasteiger partial charge on any atom is 0.114 e. The molecule has 2 heterocycles. The van der Waals surface area contributed by atoms with Crippen molar-refractivity contribution in [3.05, 3.63) is 59.4 Å². The zero-order valence-electron chi connectivity index (χ0n) is 18.0. The third kappa shape index (κ3) is 3.27. The average Bonchev–Trinajstić information content (AvgIpc) is 3.15. The van der Waals surface area contributed by atoms with E-state index in [0.717, 1.165) is 38.5 Å². The summed E-state index contributed by atoms with van der Waals surface area (Å²) in [5.41, 5.74) is 6.53. The van der Waals surface area contributed by atoms with Crippen molar-refractivity contribution in [1.29, 1.82) is 5.26 Å². The lowest BCUT2D eigenvalue weighted by Gasteiger charge is -2.34. The molecule has 1 saturated carbocycles. The minimum atomic E-state index is 0.219. The molecule has 5 rings (SSSR count). The van der Waals surface area contributed by atoms with Crippen molar-refractivity contribution in [3.63, 3.8) is 0 Å². The Bertz CT molecular complexity index is 1080. The summed E-state index contributed by atoms with van der Waals surface area (Å²) in [6.07, 6.45) is 7.26. The van der Waals surface area contributed by atoms with E-state index in [4.69, 9.17) is 4.98 Å². The Hall–Kier alpha value is -2.80. The van der Waals surface area contributed by atoms with E-state index in [1.807, 2.05) is 0 Å². The number of anilines is 1. The molecule has 1 fully saturated rings. The number of hydrogen-bond donors (Lipinski definition) is 0. The molecule has 2 aliphatic rings. The Morgan fingerprint density at radius 3 is 2.53 bits per heavy atom. The summed E-state index contributed by atoms with van der Waals surface area (Å²) in [4.78, 5) is 7.68. The van der Waals surface area contributed by atoms with Crippen molar-refractivity contribution in [3.8, 4) is 6.07 Å². The highest BCUT2D eigenvalue weighted by atomic mass is 15.2. The Morgan fingerprint density at radius 2 is 1.80 bits per heavy atom. The number of imidazole rings is 1. The van der Waals surface area contributed by atoms with Crippen molar-refractivity contribution in [1.82, 2.24) is 9.55 Å². The van der Waals surface area contributed by atoms with Crippen LogP contribution in [0.4, 0.5) is 5.69 Å². The Balaban J connectivity index is 1.62. The van der Waals surface area contributed by atoms with Gasteiger partial charge >= 0.3 is 0 Å². The first kappa shape index (κ1) is 19.2. The molecule has 30 heavy (non-hydrogen) atoms. The highest BCUT2D eigenvalue weighted by Gasteiger charge is 2.29. The van der Waals surface area contributed by atoms with Gasteiger partial charge in [-0.1, -0.05) is 30.3 Å². The zero-order chi connectivity index (χ0) is 20.7. The fourth-order valence-corrected chi connectivity index (χ4v) is 5.39. The van der Waals surface area contributed by atoms with Crippen LogP contribution in [0, 0.1) is 17.2 Å². The van der Waals surface area contributed by atoms with Gasteiger partial charge in [0.15, 0.2) is 0 Å². The molecule has 0 amide bonds. The van der Waals surface area contributed by atoms with E-state index in [-0.39, 0.29) is 5.92 Å². The van der Waals surface area contributed by atoms with Crippen LogP contribution in [0.3, 0.4) is 0 Å². The second kappa shape index (κ2) is 7.80. The van der Waals surface area contributed by atoms with E-state index in [9.17, 15) is 5.26 Å². The van der Waals surface area contributed by atoms with Gasteiger partial charge in [-0.15, -0.1) is 0 Å². The van der Waals surface area contributed by atoms with Gasteiger partial charge in [0, 0.05) is 42.7 Å². The third-order valence-corrected chi connectivity index (χ3v) is 7.32. The van der Waals surface area contributed by atoms with E-state index in [0.29, 0.717) is 12.1 Å². The summed E-state index contributed by atoms with van der Waals surface area (Å²) in [6, 6.07) is 18.8. The first-order valence-electron chi connectivity index (χ1n) is 11.3. The number of nitrogens with zero attached hydrogens (tertiary/aromatic N) is 4. The van der Waals surface area contributed by atoms with Crippen molar-refractivity contribution in [2.75, 3.05) is 11.9 Å². The van der Waals surface area contributed by atoms with Crippen molar-refractivity contribution < 1.29 is 0 Å². The molecule has 154 valence electrons. The summed E-state index contributed by atoms with van der Waals surface area (Å²) >= 11 is 0. The number of fused-ring (bicyclic) bond motifs is 3. The van der Waals surface area contributed by atoms with E-state index >= 15 is 0 Å². The Kier molecular flexibility index (Phi) is 4.98. The molecule has 1 aliphatic heterocycles. The van der Waals surface area contributed by atoms with Gasteiger partial charge in [0.25, 0.3) is 0 Å². The topological polar surface area (TPSA) is 44.9 Å². The van der Waals surface area contributed by atoms with Gasteiger partial charge in [-0.05, 0) is 63.1 Å². The van der Waals surface area contributed by atoms with Gasteiger partial charge in [-0.2, -0.15) is 5.26 Å². The fraction of sp³-hybridized carbons (Fsp3) is 0.462. The first-order chi connectivity index (χ1) is 14.7. The lowest BCUT2D eigenvalue weighted by Crippen LogP contribution is -2.33. The first-order valence-corrected chi connectivity index (χ1v) is 11.3. The smallest absolute Gasteiger partial charge is 0.114 e. The molecule has 3 aromatic rings. The van der Waals surface area contributed by atoms with Crippen LogP contribution >= 0.6 is 0 Å². The summed E-state index contributed by atoms with van der Waals surface area (Å²) in [5.74, 6) is 1.39. The van der Waals surface area contributed by atoms with Crippen molar-refractivity contribution in [2.24, 2.45) is 5.92 Å². The van der Waals surface area contributed by atoms with E-state index in [1.54, 1.807) is 0 Å². The van der Waals surface area contributed by atoms with Gasteiger partial charge < -0.3 is 9.47 Å². The Morgan fingerprint density at radius 1 is 1.03 bits per heavy atom. The van der Waals surface area contributed by atoms with Crippen LogP contribution in [-0.4, -0.2) is 22.6 Å². The largest absolute Gasteiger partial charge is 0.372 e. The van der Waals surface area contributed by atoms with Crippen LogP contribution < -0.4 is 4.90 Å². The molecular formula is C26H30N4. The van der Waals surface area contributed by atoms with Crippen LogP contribution in [0.5, 0.6) is 0 Å². The van der Waals surface area contributed by atoms with E-state index in [1.165, 1.54) is 40.1 Å². The zero-order valence-corrected chi connectivity index (χ0v) is 18.0. The number of hydrogen-bond acceptors (Lipinski definition) is 3. The monoisotopic (exact) mass is 398 g/mol. The Labute approximate surface area is 179 Å². The minimum absolute atomic E-state index is 0.219. The molecule has 0 saturated heterocycles. The summed E-state index contributed by atoms with van der Waals surface area (Å²) in [7, 11) is 2.21. The second-order valence-corrected chi connectivity index (χ2v) is 9.12. The summed E-state index contributed by atoms with van der Waals surface area (Å²) < 4.78 is 2.52. The number of benzene rings is 2. The van der Waals surface area contributed by atoms with Gasteiger partial charge in [-0.3, -0.25) is 0 Å². The summed E-state index contributed by atoms with van der Waals surface area (Å²) in [6.45, 7) is 2.31. The van der Waals surface area contributed by atoms with Crippen LogP contribution in [0.25, 0.3) is 11.0 Å². The van der Waals surface area contributed by atoms with Gasteiger partial charge in [0.1, 0.15) is 5.82 Å². The lowest BCUT2D eigenvalue weighted by atomic mass is 9.86. The SMILES string of the molecule is CC1CCc2c(ccc3c2nc(Cc2ccccc2)n3C2CCC(C#N)CC2)N1C. The predicted octanol–water partition coefficient (Wildman–Crippen LogP) is 5.65. The minimum Gasteiger partial charge on any atom is -0.372 e. The normalized spacial score (nSPS) is 23.9. The molecule has 1 atom stereocenters. The van der Waals surface area contributed by atoms with Crippen molar-refractivity contribution >= 4 is 16.7 Å². The fourth-order valence-electron chi connectivity index (χ4n) is 5.39.